The highest BCUT2D eigenvalue weighted by Crippen LogP contribution is 2.42. The van der Waals surface area contributed by atoms with Crippen LogP contribution in [0.4, 0.5) is 0 Å². The summed E-state index contributed by atoms with van der Waals surface area (Å²) < 4.78 is 12.3. The molecule has 2 fully saturated rings. The van der Waals surface area contributed by atoms with Gasteiger partial charge in [-0.2, -0.15) is 0 Å². The van der Waals surface area contributed by atoms with Crippen LogP contribution >= 0.6 is 0 Å². The van der Waals surface area contributed by atoms with Gasteiger partial charge in [0.1, 0.15) is 0 Å². The zero-order valence-electron chi connectivity index (χ0n) is 12.8. The topological polar surface area (TPSA) is 18.5 Å². The van der Waals surface area contributed by atoms with E-state index in [1.165, 1.54) is 38.5 Å². The van der Waals surface area contributed by atoms with Crippen LogP contribution in [0.1, 0.15) is 73.1 Å². The summed E-state index contributed by atoms with van der Waals surface area (Å²) in [5.74, 6) is 1.40. The van der Waals surface area contributed by atoms with Crippen molar-refractivity contribution >= 4 is 7.12 Å². The second-order valence-corrected chi connectivity index (χ2v) is 7.34. The smallest absolute Gasteiger partial charge is 0.403 e. The number of hydrogen-bond donors (Lipinski definition) is 0. The maximum atomic E-state index is 6.15. The van der Waals surface area contributed by atoms with Gasteiger partial charge in [0.25, 0.3) is 0 Å². The van der Waals surface area contributed by atoms with E-state index in [2.05, 4.69) is 34.6 Å². The second-order valence-electron chi connectivity index (χ2n) is 7.34. The molecule has 0 aromatic heterocycles. The standard InChI is InChI=1S/C15H29BO2/c1-12(11-13-9-7-6-8-10-13)16-17-14(2,3)15(4,5)18-16/h12-13H,6-11H2,1-5H3. The van der Waals surface area contributed by atoms with Crippen LogP contribution in [0, 0.1) is 5.92 Å². The van der Waals surface area contributed by atoms with Gasteiger partial charge in [0.2, 0.25) is 0 Å². The minimum atomic E-state index is -0.182. The van der Waals surface area contributed by atoms with E-state index in [-0.39, 0.29) is 18.3 Å². The lowest BCUT2D eigenvalue weighted by molar-refractivity contribution is 0.00578. The fourth-order valence-electron chi connectivity index (χ4n) is 3.18. The SMILES string of the molecule is CC(CC1CCCCC1)B1OC(C)(C)C(C)(C)O1. The normalized spacial score (nSPS) is 29.5. The molecule has 1 heterocycles. The van der Waals surface area contributed by atoms with Gasteiger partial charge >= 0.3 is 7.12 Å². The van der Waals surface area contributed by atoms with Gasteiger partial charge in [-0.1, -0.05) is 39.0 Å². The third kappa shape index (κ3) is 2.93. The first kappa shape index (κ1) is 14.4. The first-order valence-corrected chi connectivity index (χ1v) is 7.67. The molecule has 1 unspecified atom stereocenters. The number of rotatable bonds is 3. The van der Waals surface area contributed by atoms with Crippen molar-refractivity contribution < 1.29 is 9.31 Å². The summed E-state index contributed by atoms with van der Waals surface area (Å²) in [6.07, 6.45) is 8.34. The predicted molar refractivity (Wildman–Crippen MR) is 76.7 cm³/mol. The molecular formula is C15H29BO2. The predicted octanol–water partition coefficient (Wildman–Crippen LogP) is 4.44. The van der Waals surface area contributed by atoms with Gasteiger partial charge in [-0.05, 0) is 45.9 Å². The van der Waals surface area contributed by atoms with E-state index in [0.717, 1.165) is 5.92 Å². The molecule has 1 aliphatic carbocycles. The minimum absolute atomic E-state index is 0.0167. The summed E-state index contributed by atoms with van der Waals surface area (Å²) in [6.45, 7) is 10.8. The molecule has 2 aliphatic rings. The fraction of sp³-hybridized carbons (Fsp3) is 1.00. The molecule has 3 heteroatoms. The molecule has 0 radical (unpaired) electrons. The molecule has 0 aromatic carbocycles. The quantitative estimate of drug-likeness (QED) is 0.691. The Hall–Kier alpha value is -0.0151. The van der Waals surface area contributed by atoms with Crippen molar-refractivity contribution in [2.45, 2.75) is 90.2 Å². The number of hydrogen-bond acceptors (Lipinski definition) is 2. The summed E-state index contributed by atoms with van der Waals surface area (Å²) >= 11 is 0. The highest BCUT2D eigenvalue weighted by atomic mass is 16.7. The molecule has 104 valence electrons. The molecule has 2 rings (SSSR count). The van der Waals surface area contributed by atoms with E-state index < -0.39 is 0 Å². The van der Waals surface area contributed by atoms with Gasteiger partial charge in [0.15, 0.2) is 0 Å². The lowest BCUT2D eigenvalue weighted by atomic mass is 9.67. The van der Waals surface area contributed by atoms with Crippen molar-refractivity contribution in [2.75, 3.05) is 0 Å². The zero-order chi connectivity index (χ0) is 13.4. The van der Waals surface area contributed by atoms with Crippen molar-refractivity contribution in [3.63, 3.8) is 0 Å². The Bertz CT molecular complexity index is 266. The fourth-order valence-corrected chi connectivity index (χ4v) is 3.18. The van der Waals surface area contributed by atoms with E-state index in [9.17, 15) is 0 Å². The maximum Gasteiger partial charge on any atom is 0.460 e. The van der Waals surface area contributed by atoms with Gasteiger partial charge in [-0.25, -0.2) is 0 Å². The highest BCUT2D eigenvalue weighted by Gasteiger charge is 2.52. The monoisotopic (exact) mass is 252 g/mol. The molecule has 2 nitrogen and oxygen atoms in total. The van der Waals surface area contributed by atoms with Crippen molar-refractivity contribution in [3.05, 3.63) is 0 Å². The molecule has 0 N–H and O–H groups in total. The van der Waals surface area contributed by atoms with Gasteiger partial charge in [0.05, 0.1) is 11.2 Å². The molecule has 0 spiro atoms. The Balaban J connectivity index is 1.88. The van der Waals surface area contributed by atoms with E-state index in [1.54, 1.807) is 0 Å². The van der Waals surface area contributed by atoms with Crippen LogP contribution < -0.4 is 0 Å². The van der Waals surface area contributed by atoms with Crippen LogP contribution in [0.5, 0.6) is 0 Å². The van der Waals surface area contributed by atoms with E-state index in [4.69, 9.17) is 9.31 Å². The summed E-state index contributed by atoms with van der Waals surface area (Å²) in [4.78, 5) is 0. The largest absolute Gasteiger partial charge is 0.460 e. The van der Waals surface area contributed by atoms with Crippen LogP contribution in [0.2, 0.25) is 5.82 Å². The lowest BCUT2D eigenvalue weighted by Crippen LogP contribution is -2.41. The van der Waals surface area contributed by atoms with Crippen molar-refractivity contribution in [2.24, 2.45) is 5.92 Å². The van der Waals surface area contributed by atoms with Crippen LogP contribution in [-0.4, -0.2) is 18.3 Å². The lowest BCUT2D eigenvalue weighted by Gasteiger charge is -2.32. The summed E-state index contributed by atoms with van der Waals surface area (Å²) in [5.41, 5.74) is -0.364. The maximum absolute atomic E-state index is 6.15. The van der Waals surface area contributed by atoms with Gasteiger partial charge in [-0.15, -0.1) is 0 Å². The van der Waals surface area contributed by atoms with Crippen LogP contribution in [0.15, 0.2) is 0 Å². The van der Waals surface area contributed by atoms with Crippen molar-refractivity contribution in [1.82, 2.24) is 0 Å². The van der Waals surface area contributed by atoms with Crippen LogP contribution in [-0.2, 0) is 9.31 Å². The highest BCUT2D eigenvalue weighted by molar-refractivity contribution is 6.47. The average Bonchev–Trinajstić information content (AvgIpc) is 2.50. The molecule has 1 atom stereocenters. The molecule has 1 aliphatic heterocycles. The summed E-state index contributed by atoms with van der Waals surface area (Å²) in [5, 5.41) is 0. The summed E-state index contributed by atoms with van der Waals surface area (Å²) in [7, 11) is -0.0167. The molecule has 0 bridgehead atoms. The van der Waals surface area contributed by atoms with Gasteiger partial charge in [-0.3, -0.25) is 0 Å². The Labute approximate surface area is 113 Å². The van der Waals surface area contributed by atoms with Crippen molar-refractivity contribution in [3.8, 4) is 0 Å². The minimum Gasteiger partial charge on any atom is -0.403 e. The molecule has 1 saturated heterocycles. The van der Waals surface area contributed by atoms with Gasteiger partial charge < -0.3 is 9.31 Å². The Morgan fingerprint density at radius 3 is 2.00 bits per heavy atom. The Kier molecular flexibility index (Phi) is 4.13. The van der Waals surface area contributed by atoms with Crippen LogP contribution in [0.25, 0.3) is 0 Å². The first-order chi connectivity index (χ1) is 8.32. The van der Waals surface area contributed by atoms with E-state index in [1.807, 2.05) is 0 Å². The molecule has 18 heavy (non-hydrogen) atoms. The summed E-state index contributed by atoms with van der Waals surface area (Å²) in [6, 6.07) is 0. The van der Waals surface area contributed by atoms with Crippen LogP contribution in [0.3, 0.4) is 0 Å². The Morgan fingerprint density at radius 2 is 1.50 bits per heavy atom. The molecular weight excluding hydrogens is 223 g/mol. The third-order valence-corrected chi connectivity index (χ3v) is 5.17. The molecule has 1 saturated carbocycles. The van der Waals surface area contributed by atoms with E-state index in [0.29, 0.717) is 5.82 Å². The van der Waals surface area contributed by atoms with Crippen molar-refractivity contribution in [1.29, 1.82) is 0 Å². The Morgan fingerprint density at radius 1 is 1.00 bits per heavy atom. The molecule has 0 aromatic rings. The van der Waals surface area contributed by atoms with Gasteiger partial charge in [0, 0.05) is 0 Å². The zero-order valence-corrected chi connectivity index (χ0v) is 12.8. The first-order valence-electron chi connectivity index (χ1n) is 7.67. The molecule has 0 amide bonds. The third-order valence-electron chi connectivity index (χ3n) is 5.17. The van der Waals surface area contributed by atoms with E-state index >= 15 is 0 Å². The average molecular weight is 252 g/mol. The second kappa shape index (κ2) is 5.17.